The summed E-state index contributed by atoms with van der Waals surface area (Å²) in [6, 6.07) is 0. The van der Waals surface area contributed by atoms with Gasteiger partial charge in [-0.05, 0) is 6.92 Å². The minimum atomic E-state index is -7.05. The number of carboxylic acids is 1. The molecule has 6 nitrogen and oxygen atoms in total. The maximum atomic E-state index is 10.5. The normalized spacial score (nSPS) is 14.9. The van der Waals surface area contributed by atoms with Crippen LogP contribution in [0.3, 0.4) is 0 Å². The third-order valence-corrected chi connectivity index (χ3v) is 0.531. The molecule has 0 radical (unpaired) electrons. The third kappa shape index (κ3) is 35.1. The molecule has 0 aromatic rings. The summed E-state index contributed by atoms with van der Waals surface area (Å²) in [6.45, 7) is 1.31. The Morgan fingerprint density at radius 2 is 1.54 bits per heavy atom. The van der Waals surface area contributed by atoms with E-state index < -0.39 is 13.9 Å². The van der Waals surface area contributed by atoms with Gasteiger partial charge < -0.3 is 10.2 Å². The summed E-state index contributed by atoms with van der Waals surface area (Å²) in [7, 11) is -7.05. The number of hydrogen-bond acceptors (Lipinski definition) is 5. The fraction of sp³-hybridized carbons (Fsp3) is 0.250. The summed E-state index contributed by atoms with van der Waals surface area (Å²) in [5.74, 6) is -1.09. The summed E-state index contributed by atoms with van der Waals surface area (Å²) in [6.07, 6.45) is 0.558. The Bertz CT molecular complexity index is 199. The number of carboxylic acid groups (broad SMARTS) is 1. The summed E-state index contributed by atoms with van der Waals surface area (Å²) in [4.78, 5) is 30.4. The number of aliphatic hydroxyl groups is 1. The molecule has 0 aliphatic heterocycles. The molecule has 80 valence electrons. The van der Waals surface area contributed by atoms with Crippen LogP contribution in [0.15, 0.2) is 11.8 Å². The van der Waals surface area contributed by atoms with Gasteiger partial charge in [-0.25, -0.2) is 4.79 Å². The van der Waals surface area contributed by atoms with Crippen LogP contribution in [0.5, 0.6) is 0 Å². The average molecular weight is 222 g/mol. The van der Waals surface area contributed by atoms with Gasteiger partial charge in [0.15, 0.2) is 0 Å². The van der Waals surface area contributed by atoms with Crippen molar-refractivity contribution in [1.82, 2.24) is 0 Å². The van der Waals surface area contributed by atoms with Crippen LogP contribution in [0.1, 0.15) is 6.92 Å². The topological polar surface area (TPSA) is 118 Å². The van der Waals surface area contributed by atoms with Crippen molar-refractivity contribution in [3.8, 4) is 0 Å². The maximum absolute atomic E-state index is 10.5. The molecule has 0 aliphatic carbocycles. The molecule has 0 unspecified atom stereocenters. The van der Waals surface area contributed by atoms with E-state index in [9.17, 15) is 13.2 Å². The van der Waals surface area contributed by atoms with Gasteiger partial charge in [-0.2, -0.15) is 0 Å². The van der Waals surface area contributed by atoms with Gasteiger partial charge >= 0.3 is 36.9 Å². The van der Waals surface area contributed by atoms with Gasteiger partial charge in [-0.15, -0.1) is 0 Å². The van der Waals surface area contributed by atoms with E-state index in [2.05, 4.69) is 0 Å². The summed E-state index contributed by atoms with van der Waals surface area (Å²) in [5, 5.41) is 15.9. The van der Waals surface area contributed by atoms with Crippen molar-refractivity contribution in [2.24, 2.45) is 0 Å². The monoisotopic (exact) mass is 222 g/mol. The molecule has 0 aromatic heterocycles. The van der Waals surface area contributed by atoms with Crippen LogP contribution < -0.4 is 0 Å². The second-order valence-electron chi connectivity index (χ2n) is 1.90. The second kappa shape index (κ2) is 4.43. The fourth-order valence-corrected chi connectivity index (χ4v) is 0.0552. The van der Waals surface area contributed by atoms with Gasteiger partial charge in [0.25, 0.3) is 0 Å². The van der Waals surface area contributed by atoms with Crippen LogP contribution in [0.25, 0.3) is 0 Å². The molecule has 0 saturated heterocycles. The van der Waals surface area contributed by atoms with Crippen molar-refractivity contribution in [3.63, 3.8) is 0 Å². The third-order valence-electron chi connectivity index (χ3n) is 0.531. The van der Waals surface area contributed by atoms with E-state index in [0.29, 0.717) is 6.26 Å². The predicted octanol–water partition coefficient (Wildman–Crippen LogP) is 0.563. The predicted molar refractivity (Wildman–Crippen MR) is 39.8 cm³/mol. The first-order valence-corrected chi connectivity index (χ1v) is 4.54. The Labute approximate surface area is 71.8 Å². The Morgan fingerprint density at radius 3 is 1.54 bits per heavy atom. The van der Waals surface area contributed by atoms with Gasteiger partial charge in [0, 0.05) is 0 Å². The van der Waals surface area contributed by atoms with E-state index >= 15 is 0 Å². The van der Waals surface area contributed by atoms with E-state index in [1.165, 1.54) is 6.92 Å². The molecule has 0 rings (SSSR count). The molecule has 13 heavy (non-hydrogen) atoms. The van der Waals surface area contributed by atoms with Crippen molar-refractivity contribution in [1.29, 1.82) is 0 Å². The average Bonchev–Trinajstić information content (AvgIpc) is 1.80. The van der Waals surface area contributed by atoms with Crippen molar-refractivity contribution in [3.05, 3.63) is 11.8 Å². The Kier molecular flexibility index (Phi) is 5.00. The van der Waals surface area contributed by atoms with Crippen LogP contribution in [-0.4, -0.2) is 30.9 Å². The van der Waals surface area contributed by atoms with Crippen LogP contribution >= 0.6 is 7.91 Å². The molecule has 0 fully saturated rings. The van der Waals surface area contributed by atoms with E-state index in [0.717, 1.165) is 0 Å². The summed E-state index contributed by atoms with van der Waals surface area (Å²) >= 11 is 0. The van der Waals surface area contributed by atoms with Crippen LogP contribution in [0.2, 0.25) is 0 Å². The van der Waals surface area contributed by atoms with Gasteiger partial charge in [0.05, 0.1) is 11.8 Å². The van der Waals surface area contributed by atoms with Crippen molar-refractivity contribution in [2.45, 2.75) is 6.92 Å². The number of carbonyl (C=O) groups is 1. The second-order valence-corrected chi connectivity index (χ2v) is 3.47. The molecular weight excluding hydrogens is 213 g/mol. The first-order chi connectivity index (χ1) is 5.42. The first-order valence-electron chi connectivity index (χ1n) is 2.66. The van der Waals surface area contributed by atoms with E-state index in [1.807, 2.05) is 0 Å². The Balaban J connectivity index is 0. The molecule has 0 saturated carbocycles. The summed E-state index contributed by atoms with van der Waals surface area (Å²) < 4.78 is 21.0. The van der Waals surface area contributed by atoms with Crippen molar-refractivity contribution in [2.75, 3.05) is 0 Å². The molecule has 0 aliphatic rings. The zero-order valence-electron chi connectivity index (χ0n) is 6.42. The standard InChI is InChI=1S/C4H6O3.F2H3O3P/c1-3(2-5)4(6)7;1-6(2,3,4)5/h2,5H,1H3,(H,6,7);3-5H. The van der Waals surface area contributed by atoms with Gasteiger partial charge in [-0.1, -0.05) is 0 Å². The van der Waals surface area contributed by atoms with Crippen molar-refractivity contribution < 1.29 is 38.1 Å². The first kappa shape index (κ1) is 14.7. The molecule has 0 amide bonds. The SMILES string of the molecule is CC(=CO)C(=O)O.OP(O)(O)(F)F. The number of rotatable bonds is 1. The van der Waals surface area contributed by atoms with Crippen LogP contribution in [-0.2, 0) is 4.79 Å². The molecule has 5 N–H and O–H groups in total. The van der Waals surface area contributed by atoms with E-state index in [1.54, 1.807) is 0 Å². The molecule has 0 aromatic carbocycles. The molecule has 0 bridgehead atoms. The van der Waals surface area contributed by atoms with Crippen molar-refractivity contribution >= 4 is 13.9 Å². The van der Waals surface area contributed by atoms with Gasteiger partial charge in [-0.3, -0.25) is 0 Å². The number of halogens is 2. The van der Waals surface area contributed by atoms with Crippen LogP contribution in [0.4, 0.5) is 8.39 Å². The van der Waals surface area contributed by atoms with Crippen LogP contribution in [0, 0.1) is 0 Å². The van der Waals surface area contributed by atoms with Gasteiger partial charge in [0.2, 0.25) is 0 Å². The number of aliphatic hydroxyl groups excluding tert-OH is 1. The molecule has 0 atom stereocenters. The molecular formula is C4H9F2O6P. The quantitative estimate of drug-likeness (QED) is 0.251. The van der Waals surface area contributed by atoms with E-state index in [-0.39, 0.29) is 5.57 Å². The fourth-order valence-electron chi connectivity index (χ4n) is 0.0552. The zero-order valence-corrected chi connectivity index (χ0v) is 7.32. The number of hydrogen-bond donors (Lipinski definition) is 5. The molecule has 9 heteroatoms. The summed E-state index contributed by atoms with van der Waals surface area (Å²) in [5.41, 5.74) is -0.0556. The van der Waals surface area contributed by atoms with E-state index in [4.69, 9.17) is 24.9 Å². The minimum absolute atomic E-state index is 0.0556. The zero-order chi connectivity index (χ0) is 11.3. The number of aliphatic carboxylic acids is 1. The molecule has 0 heterocycles. The molecule has 0 spiro atoms. The van der Waals surface area contributed by atoms with Gasteiger partial charge in [0.1, 0.15) is 0 Å². The Hall–Kier alpha value is -0.820. The Morgan fingerprint density at radius 1 is 1.31 bits per heavy atom.